The van der Waals surface area contributed by atoms with Gasteiger partial charge in [-0.05, 0) is 25.3 Å². The third-order valence-electron chi connectivity index (χ3n) is 4.33. The van der Waals surface area contributed by atoms with Crippen molar-refractivity contribution in [3.8, 4) is 0 Å². The molecule has 6 heteroatoms. The minimum atomic E-state index is 0.189. The van der Waals surface area contributed by atoms with E-state index < -0.39 is 0 Å². The molecule has 1 aromatic rings. The molecule has 3 rings (SSSR count). The highest BCUT2D eigenvalue weighted by Gasteiger charge is 2.30. The number of nitrogens with zero attached hydrogens (tertiary/aromatic N) is 4. The van der Waals surface area contributed by atoms with Crippen molar-refractivity contribution in [1.29, 1.82) is 0 Å². The summed E-state index contributed by atoms with van der Waals surface area (Å²) in [5.41, 5.74) is 1.09. The summed E-state index contributed by atoms with van der Waals surface area (Å²) in [4.78, 5) is 17.0. The number of aromatic nitrogens is 2. The number of likely N-dealkylation sites (tertiary alicyclic amines) is 1. The van der Waals surface area contributed by atoms with Crippen LogP contribution in [0.25, 0.3) is 0 Å². The molecule has 0 bridgehead atoms. The number of hydrogen-bond donors (Lipinski definition) is 0. The van der Waals surface area contributed by atoms with Crippen LogP contribution in [0.15, 0.2) is 12.4 Å². The monoisotopic (exact) mass is 292 g/mol. The Morgan fingerprint density at radius 1 is 1.38 bits per heavy atom. The predicted octanol–water partition coefficient (Wildman–Crippen LogP) is 0.515. The molecular formula is C15H24N4O2. The van der Waals surface area contributed by atoms with E-state index in [9.17, 15) is 4.79 Å². The Kier molecular flexibility index (Phi) is 4.55. The molecule has 2 saturated heterocycles. The van der Waals surface area contributed by atoms with Crippen LogP contribution in [0.1, 0.15) is 18.4 Å². The molecule has 1 amide bonds. The van der Waals surface area contributed by atoms with E-state index in [0.717, 1.165) is 57.8 Å². The fourth-order valence-corrected chi connectivity index (χ4v) is 3.22. The summed E-state index contributed by atoms with van der Waals surface area (Å²) in [6.07, 6.45) is 5.94. The fourth-order valence-electron chi connectivity index (χ4n) is 3.22. The van der Waals surface area contributed by atoms with Gasteiger partial charge in [-0.25, -0.2) is 0 Å². The number of hydrogen-bond acceptors (Lipinski definition) is 4. The summed E-state index contributed by atoms with van der Waals surface area (Å²) in [6, 6.07) is 0.354. The van der Waals surface area contributed by atoms with E-state index in [-0.39, 0.29) is 5.91 Å². The first kappa shape index (κ1) is 14.5. The third kappa shape index (κ3) is 3.63. The van der Waals surface area contributed by atoms with Crippen molar-refractivity contribution in [3.05, 3.63) is 18.0 Å². The van der Waals surface area contributed by atoms with Crippen LogP contribution in [0, 0.1) is 6.92 Å². The van der Waals surface area contributed by atoms with Crippen molar-refractivity contribution < 1.29 is 9.53 Å². The minimum absolute atomic E-state index is 0.189. The molecule has 1 atom stereocenters. The van der Waals surface area contributed by atoms with Gasteiger partial charge in [0.1, 0.15) is 6.54 Å². The van der Waals surface area contributed by atoms with Gasteiger partial charge in [0, 0.05) is 38.4 Å². The molecule has 21 heavy (non-hydrogen) atoms. The Labute approximate surface area is 125 Å². The molecule has 2 aliphatic rings. The molecule has 3 heterocycles. The lowest BCUT2D eigenvalue weighted by Crippen LogP contribution is -2.47. The Balaban J connectivity index is 1.56. The maximum Gasteiger partial charge on any atom is 0.244 e. The Hall–Kier alpha value is -1.40. The highest BCUT2D eigenvalue weighted by Crippen LogP contribution is 2.19. The zero-order chi connectivity index (χ0) is 14.7. The number of amides is 1. The van der Waals surface area contributed by atoms with Crippen LogP contribution < -0.4 is 0 Å². The van der Waals surface area contributed by atoms with Gasteiger partial charge in [0.2, 0.25) is 5.91 Å². The van der Waals surface area contributed by atoms with Gasteiger partial charge in [-0.3, -0.25) is 14.4 Å². The Morgan fingerprint density at radius 2 is 2.19 bits per heavy atom. The minimum Gasteiger partial charge on any atom is -0.379 e. The van der Waals surface area contributed by atoms with Crippen LogP contribution in [-0.4, -0.2) is 70.9 Å². The fraction of sp³-hybridized carbons (Fsp3) is 0.733. The molecule has 0 radical (unpaired) electrons. The normalized spacial score (nSPS) is 23.7. The molecule has 2 fully saturated rings. The number of morpholine rings is 1. The van der Waals surface area contributed by atoms with Gasteiger partial charge in [-0.1, -0.05) is 0 Å². The predicted molar refractivity (Wildman–Crippen MR) is 79.0 cm³/mol. The maximum atomic E-state index is 12.5. The molecule has 0 aliphatic carbocycles. The lowest BCUT2D eigenvalue weighted by molar-refractivity contribution is -0.133. The largest absolute Gasteiger partial charge is 0.379 e. The van der Waals surface area contributed by atoms with Crippen LogP contribution in [0.2, 0.25) is 0 Å². The highest BCUT2D eigenvalue weighted by molar-refractivity contribution is 5.76. The summed E-state index contributed by atoms with van der Waals surface area (Å²) < 4.78 is 7.12. The van der Waals surface area contributed by atoms with Crippen molar-refractivity contribution in [1.82, 2.24) is 19.6 Å². The summed E-state index contributed by atoms with van der Waals surface area (Å²) >= 11 is 0. The quantitative estimate of drug-likeness (QED) is 0.811. The van der Waals surface area contributed by atoms with Gasteiger partial charge in [0.15, 0.2) is 0 Å². The second-order valence-electron chi connectivity index (χ2n) is 6.01. The highest BCUT2D eigenvalue weighted by atomic mass is 16.5. The lowest BCUT2D eigenvalue weighted by Gasteiger charge is -2.33. The molecular weight excluding hydrogens is 268 g/mol. The first-order chi connectivity index (χ1) is 10.2. The van der Waals surface area contributed by atoms with Gasteiger partial charge in [-0.15, -0.1) is 0 Å². The van der Waals surface area contributed by atoms with E-state index in [2.05, 4.69) is 10.00 Å². The van der Waals surface area contributed by atoms with E-state index in [1.807, 2.05) is 18.0 Å². The van der Waals surface area contributed by atoms with Gasteiger partial charge in [0.05, 0.1) is 19.4 Å². The van der Waals surface area contributed by atoms with Crippen molar-refractivity contribution in [2.75, 3.05) is 39.4 Å². The molecule has 0 spiro atoms. The van der Waals surface area contributed by atoms with Gasteiger partial charge < -0.3 is 9.64 Å². The topological polar surface area (TPSA) is 50.6 Å². The van der Waals surface area contributed by atoms with E-state index >= 15 is 0 Å². The molecule has 1 unspecified atom stereocenters. The molecule has 0 N–H and O–H groups in total. The van der Waals surface area contributed by atoms with Gasteiger partial charge in [0.25, 0.3) is 0 Å². The Bertz CT molecular complexity index is 482. The smallest absolute Gasteiger partial charge is 0.244 e. The van der Waals surface area contributed by atoms with Crippen LogP contribution in [0.3, 0.4) is 0 Å². The number of rotatable bonds is 4. The third-order valence-corrected chi connectivity index (χ3v) is 4.33. The van der Waals surface area contributed by atoms with Crippen LogP contribution in [0.5, 0.6) is 0 Å². The first-order valence-corrected chi connectivity index (χ1v) is 7.81. The van der Waals surface area contributed by atoms with E-state index in [4.69, 9.17) is 4.74 Å². The molecule has 6 nitrogen and oxygen atoms in total. The van der Waals surface area contributed by atoms with Crippen LogP contribution in [0.4, 0.5) is 0 Å². The van der Waals surface area contributed by atoms with Crippen molar-refractivity contribution in [2.24, 2.45) is 0 Å². The van der Waals surface area contributed by atoms with Crippen molar-refractivity contribution in [2.45, 2.75) is 32.4 Å². The zero-order valence-corrected chi connectivity index (χ0v) is 12.7. The average molecular weight is 292 g/mol. The summed E-state index contributed by atoms with van der Waals surface area (Å²) in [7, 11) is 0. The van der Waals surface area contributed by atoms with Crippen molar-refractivity contribution >= 4 is 5.91 Å². The average Bonchev–Trinajstić information content (AvgIpc) is 3.09. The number of carbonyl (C=O) groups excluding carboxylic acids is 1. The van der Waals surface area contributed by atoms with Crippen molar-refractivity contribution in [3.63, 3.8) is 0 Å². The second kappa shape index (κ2) is 6.58. The molecule has 116 valence electrons. The summed E-state index contributed by atoms with van der Waals surface area (Å²) in [6.45, 7) is 7.80. The Morgan fingerprint density at radius 3 is 2.90 bits per heavy atom. The molecule has 0 aromatic carbocycles. The van der Waals surface area contributed by atoms with Gasteiger partial charge in [-0.2, -0.15) is 5.10 Å². The van der Waals surface area contributed by atoms with E-state index in [0.29, 0.717) is 12.6 Å². The number of aryl methyl sites for hydroxylation is 1. The SMILES string of the molecule is Cc1cnn(CC(=O)N2CCCC2CN2CCOCC2)c1. The summed E-state index contributed by atoms with van der Waals surface area (Å²) in [5.74, 6) is 0.189. The number of carbonyl (C=O) groups is 1. The summed E-state index contributed by atoms with van der Waals surface area (Å²) in [5, 5.41) is 4.21. The lowest BCUT2D eigenvalue weighted by atomic mass is 10.2. The second-order valence-corrected chi connectivity index (χ2v) is 6.01. The van der Waals surface area contributed by atoms with Gasteiger partial charge >= 0.3 is 0 Å². The maximum absolute atomic E-state index is 12.5. The first-order valence-electron chi connectivity index (χ1n) is 7.81. The zero-order valence-electron chi connectivity index (χ0n) is 12.7. The number of ether oxygens (including phenoxy) is 1. The molecule has 1 aromatic heterocycles. The van der Waals surface area contributed by atoms with Crippen LogP contribution in [-0.2, 0) is 16.1 Å². The molecule has 2 aliphatic heterocycles. The van der Waals surface area contributed by atoms with Crippen LogP contribution >= 0.6 is 0 Å². The van der Waals surface area contributed by atoms with E-state index in [1.54, 1.807) is 10.9 Å². The molecule has 0 saturated carbocycles. The van der Waals surface area contributed by atoms with E-state index in [1.165, 1.54) is 0 Å². The standard InChI is InChI=1S/C15H24N4O2/c1-13-9-16-18(10-13)12-15(20)19-4-2-3-14(19)11-17-5-7-21-8-6-17/h9-10,14H,2-8,11-12H2,1H3.